The average Bonchev–Trinajstić information content (AvgIpc) is 1.49. The van der Waals surface area contributed by atoms with Crippen LogP contribution in [-0.2, 0) is 79.0 Å². The Morgan fingerprint density at radius 3 is 0.602 bits per heavy atom. The molecule has 0 fully saturated rings. The molecule has 4 N–H and O–H groups in total. The van der Waals surface area contributed by atoms with Crippen molar-refractivity contribution in [3.8, 4) is 23.0 Å². The number of hydrogen-bond acceptors (Lipinski definition) is 20. The smallest absolute Gasteiger partial charge is 0.396 e. The van der Waals surface area contributed by atoms with Gasteiger partial charge in [-0.05, 0) is 120 Å². The van der Waals surface area contributed by atoms with Crippen LogP contribution >= 0.6 is 47.0 Å². The molecule has 0 spiro atoms. The van der Waals surface area contributed by atoms with Gasteiger partial charge in [-0.25, -0.2) is 19.2 Å². The van der Waals surface area contributed by atoms with Crippen LogP contribution < -0.4 is 40.2 Å². The number of fused-ring (bicyclic) bond motifs is 8. The molecular formula is C64H84N4O16S4. The van der Waals surface area contributed by atoms with Gasteiger partial charge in [-0.2, -0.15) is 0 Å². The SMILES string of the molecule is CCOC(=O)C(=O)NCCOc1c2cc(C(C)(C)C)cc1Sc1cc(C(C)(C)C)cc(c1OCCNC(=O)C(=O)OCC)Sc1cc(C(C)(C)C)cc(c1OCCNC(=O)C(=O)OCC)Sc1cc(C(C)(C)C)cc(c1OCCNC(=O)C(=O)OCC)S2. The Kier molecular flexibility index (Phi) is 26.3. The van der Waals surface area contributed by atoms with E-state index >= 15 is 0 Å². The van der Waals surface area contributed by atoms with Crippen LogP contribution in [0, 0.1) is 0 Å². The Hall–Kier alpha value is -6.76. The summed E-state index contributed by atoms with van der Waals surface area (Å²) in [4.78, 5) is 106. The Labute approximate surface area is 533 Å². The molecule has 4 aromatic carbocycles. The van der Waals surface area contributed by atoms with E-state index in [9.17, 15) is 38.4 Å². The highest BCUT2D eigenvalue weighted by molar-refractivity contribution is 8.01. The Morgan fingerprint density at radius 1 is 0.307 bits per heavy atom. The second-order valence-electron chi connectivity index (χ2n) is 23.9. The van der Waals surface area contributed by atoms with Gasteiger partial charge < -0.3 is 59.2 Å². The summed E-state index contributed by atoms with van der Waals surface area (Å²) in [7, 11) is 0. The zero-order valence-corrected chi connectivity index (χ0v) is 56.5. The maximum Gasteiger partial charge on any atom is 0.396 e. The minimum absolute atomic E-state index is 0.0126. The first-order chi connectivity index (χ1) is 41.3. The van der Waals surface area contributed by atoms with Crippen LogP contribution in [0.15, 0.2) is 87.7 Å². The molecule has 0 radical (unpaired) electrons. The minimum atomic E-state index is -1.03. The second kappa shape index (κ2) is 32.1. The summed E-state index contributed by atoms with van der Waals surface area (Å²) >= 11 is 5.47. The second-order valence-corrected chi connectivity index (χ2v) is 28.2. The Morgan fingerprint density at radius 2 is 0.466 bits per heavy atom. The van der Waals surface area contributed by atoms with E-state index in [2.05, 4.69) is 104 Å². The summed E-state index contributed by atoms with van der Waals surface area (Å²) in [6.07, 6.45) is 0. The van der Waals surface area contributed by atoms with Crippen LogP contribution in [0.2, 0.25) is 0 Å². The molecule has 0 aromatic heterocycles. The highest BCUT2D eigenvalue weighted by atomic mass is 32.2. The normalized spacial score (nSPS) is 12.4. The van der Waals surface area contributed by atoms with Crippen molar-refractivity contribution >= 4 is 94.6 Å². The van der Waals surface area contributed by atoms with Gasteiger partial charge in [0.15, 0.2) is 0 Å². The van der Waals surface area contributed by atoms with Gasteiger partial charge in [-0.15, -0.1) is 0 Å². The van der Waals surface area contributed by atoms with Crippen molar-refractivity contribution in [2.24, 2.45) is 0 Å². The van der Waals surface area contributed by atoms with Crippen molar-refractivity contribution in [1.82, 2.24) is 21.3 Å². The quantitative estimate of drug-likeness (QED) is 0.0244. The number of hydrogen-bond donors (Lipinski definition) is 4. The average molecular weight is 1290 g/mol. The lowest BCUT2D eigenvalue weighted by Gasteiger charge is -2.28. The van der Waals surface area contributed by atoms with Crippen LogP contribution in [0.5, 0.6) is 23.0 Å². The van der Waals surface area contributed by atoms with Gasteiger partial charge in [0, 0.05) is 0 Å². The molecule has 8 bridgehead atoms. The predicted molar refractivity (Wildman–Crippen MR) is 338 cm³/mol. The number of rotatable bonds is 20. The van der Waals surface area contributed by atoms with Gasteiger partial charge in [0.2, 0.25) is 0 Å². The molecule has 1 heterocycles. The monoisotopic (exact) mass is 1290 g/mol. The van der Waals surface area contributed by atoms with E-state index in [1.54, 1.807) is 27.7 Å². The molecule has 5 rings (SSSR count). The number of esters is 4. The summed E-state index contributed by atoms with van der Waals surface area (Å²) < 4.78 is 47.2. The van der Waals surface area contributed by atoms with Crippen molar-refractivity contribution in [3.05, 3.63) is 70.8 Å². The lowest BCUT2D eigenvalue weighted by Crippen LogP contribution is -2.35. The molecule has 20 nitrogen and oxygen atoms in total. The molecule has 0 saturated carbocycles. The topological polar surface area (TPSA) is 259 Å². The lowest BCUT2D eigenvalue weighted by molar-refractivity contribution is -0.154. The van der Waals surface area contributed by atoms with Crippen LogP contribution in [0.1, 0.15) is 133 Å². The van der Waals surface area contributed by atoms with Gasteiger partial charge in [0.05, 0.1) is 91.8 Å². The number of amides is 4. The number of ether oxygens (including phenoxy) is 8. The predicted octanol–water partition coefficient (Wildman–Crippen LogP) is 10.0. The van der Waals surface area contributed by atoms with Crippen molar-refractivity contribution in [2.45, 2.75) is 172 Å². The van der Waals surface area contributed by atoms with Crippen LogP contribution in [0.25, 0.3) is 0 Å². The van der Waals surface area contributed by atoms with Crippen molar-refractivity contribution in [1.29, 1.82) is 0 Å². The van der Waals surface area contributed by atoms with Crippen LogP contribution in [0.4, 0.5) is 0 Å². The molecule has 24 heteroatoms. The largest absolute Gasteiger partial charge is 0.489 e. The van der Waals surface area contributed by atoms with Gasteiger partial charge in [0.25, 0.3) is 0 Å². The minimum Gasteiger partial charge on any atom is -0.489 e. The van der Waals surface area contributed by atoms with Crippen LogP contribution in [-0.4, -0.2) is 127 Å². The third kappa shape index (κ3) is 20.7. The fourth-order valence-corrected chi connectivity index (χ4v) is 12.8. The lowest BCUT2D eigenvalue weighted by atomic mass is 9.87. The van der Waals surface area contributed by atoms with E-state index in [1.807, 2.05) is 48.5 Å². The van der Waals surface area contributed by atoms with E-state index in [1.165, 1.54) is 47.0 Å². The molecule has 1 aliphatic rings. The molecule has 4 aromatic rings. The zero-order valence-electron chi connectivity index (χ0n) is 53.3. The van der Waals surface area contributed by atoms with Crippen LogP contribution in [0.3, 0.4) is 0 Å². The van der Waals surface area contributed by atoms with E-state index in [-0.39, 0.29) is 79.0 Å². The molecule has 1 aliphatic heterocycles. The van der Waals surface area contributed by atoms with Crippen molar-refractivity contribution in [2.75, 3.05) is 79.0 Å². The standard InChI is InChI=1S/C64H84N4O16S4/c1-17-77-57(73)53(69)65-21-25-81-49-41-29-37(61(5,6)7)30-42(49)86-44-32-39(63(11,12)13)34-46(51(44)83-27-23-67-55(71)59(75)79-19-3)88-48-36-40(64(14,15)16)35-47(52(48)84-28-24-68-56(72)60(76)80-20-4)87-45-33-38(62(8,9)10)31-43(85-41)50(45)82-26-22-66-54(70)58(74)78-18-2/h29-36H,17-28H2,1-16H3,(H,65,69)(H,66,70)(H,67,71)(H,68,72). The summed E-state index contributed by atoms with van der Waals surface area (Å²) in [5, 5.41) is 10.4. The first-order valence-electron chi connectivity index (χ1n) is 29.1. The molecule has 480 valence electrons. The van der Waals surface area contributed by atoms with Crippen molar-refractivity contribution < 1.29 is 76.3 Å². The molecule has 0 saturated heterocycles. The molecular weight excluding hydrogens is 1210 g/mol. The first-order valence-corrected chi connectivity index (χ1v) is 32.3. The van der Waals surface area contributed by atoms with E-state index in [4.69, 9.17) is 37.9 Å². The van der Waals surface area contributed by atoms with Gasteiger partial charge >= 0.3 is 47.5 Å². The zero-order chi connectivity index (χ0) is 65.3. The summed E-state index contributed by atoms with van der Waals surface area (Å²) in [5.41, 5.74) is 1.84. The highest BCUT2D eigenvalue weighted by Gasteiger charge is 2.32. The van der Waals surface area contributed by atoms with E-state index in [0.29, 0.717) is 62.2 Å². The molecule has 88 heavy (non-hydrogen) atoms. The number of benzene rings is 4. The fourth-order valence-electron chi connectivity index (χ4n) is 8.03. The molecule has 0 aliphatic carbocycles. The third-order valence-corrected chi connectivity index (χ3v) is 17.0. The van der Waals surface area contributed by atoms with Gasteiger partial charge in [0.1, 0.15) is 49.4 Å². The molecule has 4 amide bonds. The first kappa shape index (κ1) is 72.0. The molecule has 0 unspecified atom stereocenters. The highest BCUT2D eigenvalue weighted by Crippen LogP contribution is 2.56. The Balaban J connectivity index is 1.94. The number of carbonyl (C=O) groups is 8. The van der Waals surface area contributed by atoms with Gasteiger partial charge in [-0.3, -0.25) is 19.2 Å². The maximum atomic E-state index is 12.9. The molecule has 0 atom stereocenters. The van der Waals surface area contributed by atoms with E-state index < -0.39 is 69.2 Å². The fraction of sp³-hybridized carbons (Fsp3) is 0.500. The van der Waals surface area contributed by atoms with E-state index in [0.717, 1.165) is 22.3 Å². The Bertz CT molecular complexity index is 2700. The summed E-state index contributed by atoms with van der Waals surface area (Å²) in [5.74, 6) is -6.18. The van der Waals surface area contributed by atoms with Gasteiger partial charge in [-0.1, -0.05) is 130 Å². The third-order valence-electron chi connectivity index (χ3n) is 12.8. The summed E-state index contributed by atoms with van der Waals surface area (Å²) in [6.45, 7) is 30.9. The number of carbonyl (C=O) groups excluding carboxylic acids is 8. The van der Waals surface area contributed by atoms with Crippen molar-refractivity contribution in [3.63, 3.8) is 0 Å². The number of nitrogens with one attached hydrogen (secondary N) is 4. The maximum absolute atomic E-state index is 12.9. The summed E-state index contributed by atoms with van der Waals surface area (Å²) in [6, 6.07) is 16.4.